The smallest absolute Gasteiger partial charge is 0.302 e. The fraction of sp³-hybridized carbons (Fsp3) is 0.931. The first-order valence-electron chi connectivity index (χ1n) is 14.8. The second-order valence-corrected chi connectivity index (χ2v) is 11.9. The van der Waals surface area contributed by atoms with Gasteiger partial charge >= 0.3 is 11.9 Å². The van der Waals surface area contributed by atoms with E-state index in [-0.39, 0.29) is 36.4 Å². The van der Waals surface area contributed by atoms with Crippen LogP contribution in [0.25, 0.3) is 0 Å². The molecule has 6 unspecified atom stereocenters. The first-order chi connectivity index (χ1) is 17.8. The molecular weight excluding hydrogens is 472 g/mol. The minimum Gasteiger partial charge on any atom is -0.462 e. The standard InChI is InChI=1S/C29H52N2O6/c1-19(32)36-24(17-27(37-20(2)33)21-9-7-5-4-6-8-10-21)12-11-22-15-28(35-3)26(34)18-25(22)23-13-14-31-29(30)16-23/h21-29,31,34H,4-18,30H2,1-3H3/t22?,23?,24-,25?,26?,27-,28?,29?/m1/s1. The van der Waals surface area contributed by atoms with Crippen molar-refractivity contribution in [2.75, 3.05) is 13.7 Å². The van der Waals surface area contributed by atoms with E-state index in [1.54, 1.807) is 7.11 Å². The molecule has 0 aromatic rings. The Balaban J connectivity index is 1.70. The van der Waals surface area contributed by atoms with Crippen LogP contribution in [0.3, 0.4) is 0 Å². The van der Waals surface area contributed by atoms with Gasteiger partial charge in [-0.2, -0.15) is 0 Å². The van der Waals surface area contributed by atoms with E-state index in [0.717, 1.165) is 70.8 Å². The molecule has 8 nitrogen and oxygen atoms in total. The number of methoxy groups -OCH3 is 1. The molecule has 1 heterocycles. The van der Waals surface area contributed by atoms with Gasteiger partial charge in [0, 0.05) is 27.4 Å². The largest absolute Gasteiger partial charge is 0.462 e. The van der Waals surface area contributed by atoms with Gasteiger partial charge in [0.15, 0.2) is 0 Å². The van der Waals surface area contributed by atoms with E-state index in [1.165, 1.54) is 33.1 Å². The molecule has 0 aromatic heterocycles. The third kappa shape index (κ3) is 9.79. The lowest BCUT2D eigenvalue weighted by Gasteiger charge is -2.45. The average Bonchev–Trinajstić information content (AvgIpc) is 2.81. The highest BCUT2D eigenvalue weighted by atomic mass is 16.6. The Labute approximate surface area is 223 Å². The molecule has 0 amide bonds. The van der Waals surface area contributed by atoms with Crippen LogP contribution >= 0.6 is 0 Å². The Hall–Kier alpha value is -1.22. The molecule has 1 aliphatic heterocycles. The van der Waals surface area contributed by atoms with Crippen molar-refractivity contribution in [3.05, 3.63) is 0 Å². The number of carbonyl (C=O) groups excluding carboxylic acids is 2. The van der Waals surface area contributed by atoms with Gasteiger partial charge in [-0.1, -0.05) is 32.1 Å². The van der Waals surface area contributed by atoms with Gasteiger partial charge in [0.05, 0.1) is 18.4 Å². The Bertz CT molecular complexity index is 698. The van der Waals surface area contributed by atoms with Crippen LogP contribution in [0.2, 0.25) is 0 Å². The zero-order chi connectivity index (χ0) is 26.8. The molecule has 3 fully saturated rings. The Morgan fingerprint density at radius 2 is 1.65 bits per heavy atom. The average molecular weight is 525 g/mol. The van der Waals surface area contributed by atoms with Gasteiger partial charge < -0.3 is 30.4 Å². The Morgan fingerprint density at radius 3 is 2.27 bits per heavy atom. The second kappa shape index (κ2) is 15.4. The lowest BCUT2D eigenvalue weighted by atomic mass is 9.66. The van der Waals surface area contributed by atoms with Crippen LogP contribution in [-0.2, 0) is 23.8 Å². The summed E-state index contributed by atoms with van der Waals surface area (Å²) in [7, 11) is 1.67. The number of rotatable bonds is 10. The molecule has 1 saturated heterocycles. The number of piperidine rings is 1. The molecule has 4 N–H and O–H groups in total. The van der Waals surface area contributed by atoms with Crippen molar-refractivity contribution in [3.8, 4) is 0 Å². The highest BCUT2D eigenvalue weighted by molar-refractivity contribution is 5.66. The summed E-state index contributed by atoms with van der Waals surface area (Å²) in [6, 6.07) is 0. The summed E-state index contributed by atoms with van der Waals surface area (Å²) in [5.74, 6) is 0.940. The van der Waals surface area contributed by atoms with Crippen LogP contribution in [0.1, 0.15) is 104 Å². The van der Waals surface area contributed by atoms with E-state index in [2.05, 4.69) is 5.32 Å². The Kier molecular flexibility index (Phi) is 12.6. The van der Waals surface area contributed by atoms with E-state index in [9.17, 15) is 14.7 Å². The predicted molar refractivity (Wildman–Crippen MR) is 142 cm³/mol. The van der Waals surface area contributed by atoms with E-state index >= 15 is 0 Å². The van der Waals surface area contributed by atoms with Crippen LogP contribution < -0.4 is 11.1 Å². The minimum absolute atomic E-state index is 0.00116. The quantitative estimate of drug-likeness (QED) is 0.366. The lowest BCUT2D eigenvalue weighted by molar-refractivity contribution is -0.156. The summed E-state index contributed by atoms with van der Waals surface area (Å²) in [6.07, 6.45) is 12.6. The lowest BCUT2D eigenvalue weighted by Crippen LogP contribution is -2.49. The molecule has 8 atom stereocenters. The maximum absolute atomic E-state index is 12.1. The molecule has 2 saturated carbocycles. The van der Waals surface area contributed by atoms with Gasteiger partial charge in [0.1, 0.15) is 12.2 Å². The van der Waals surface area contributed by atoms with Crippen LogP contribution in [-0.4, -0.2) is 61.3 Å². The third-order valence-corrected chi connectivity index (χ3v) is 9.15. The third-order valence-electron chi connectivity index (χ3n) is 9.15. The normalized spacial score (nSPS) is 33.5. The molecule has 0 aromatic carbocycles. The second-order valence-electron chi connectivity index (χ2n) is 11.9. The predicted octanol–water partition coefficient (Wildman–Crippen LogP) is 4.07. The summed E-state index contributed by atoms with van der Waals surface area (Å²) in [6.45, 7) is 3.84. The monoisotopic (exact) mass is 524 g/mol. The van der Waals surface area contributed by atoms with Gasteiger partial charge in [-0.05, 0) is 81.6 Å². The molecule has 37 heavy (non-hydrogen) atoms. The maximum atomic E-state index is 12.1. The molecule has 0 bridgehead atoms. The van der Waals surface area contributed by atoms with Crippen molar-refractivity contribution in [1.82, 2.24) is 5.32 Å². The van der Waals surface area contributed by atoms with Crippen molar-refractivity contribution in [3.63, 3.8) is 0 Å². The molecule has 8 heteroatoms. The van der Waals surface area contributed by atoms with E-state index < -0.39 is 6.10 Å². The van der Waals surface area contributed by atoms with Crippen LogP contribution in [0.5, 0.6) is 0 Å². The van der Waals surface area contributed by atoms with Gasteiger partial charge in [0.2, 0.25) is 0 Å². The number of ether oxygens (including phenoxy) is 3. The molecule has 3 aliphatic rings. The maximum Gasteiger partial charge on any atom is 0.302 e. The number of nitrogens with one attached hydrogen (secondary N) is 1. The number of carbonyl (C=O) groups is 2. The van der Waals surface area contributed by atoms with Gasteiger partial charge in [0.25, 0.3) is 0 Å². The minimum atomic E-state index is -0.464. The van der Waals surface area contributed by atoms with E-state index in [4.69, 9.17) is 19.9 Å². The number of aliphatic hydroxyl groups is 1. The Morgan fingerprint density at radius 1 is 0.973 bits per heavy atom. The summed E-state index contributed by atoms with van der Waals surface area (Å²) in [4.78, 5) is 24.1. The summed E-state index contributed by atoms with van der Waals surface area (Å²) < 4.78 is 17.3. The number of nitrogens with two attached hydrogens (primary N) is 1. The van der Waals surface area contributed by atoms with Crippen molar-refractivity contribution < 1.29 is 28.9 Å². The molecule has 214 valence electrons. The first-order valence-corrected chi connectivity index (χ1v) is 14.8. The van der Waals surface area contributed by atoms with E-state index in [0.29, 0.717) is 30.1 Å². The molecule has 2 aliphatic carbocycles. The topological polar surface area (TPSA) is 120 Å². The summed E-state index contributed by atoms with van der Waals surface area (Å²) >= 11 is 0. The molecule has 0 spiro atoms. The van der Waals surface area contributed by atoms with Crippen LogP contribution in [0.15, 0.2) is 0 Å². The van der Waals surface area contributed by atoms with Gasteiger partial charge in [-0.3, -0.25) is 9.59 Å². The van der Waals surface area contributed by atoms with Crippen molar-refractivity contribution in [2.24, 2.45) is 29.4 Å². The summed E-state index contributed by atoms with van der Waals surface area (Å²) in [5, 5.41) is 14.1. The SMILES string of the molecule is COC1CC(CC[C@H](C[C@@H](OC(C)=O)C2CCCCCCC2)OC(C)=O)C(C2CCNC(N)C2)CC1O. The van der Waals surface area contributed by atoms with E-state index in [1.807, 2.05) is 0 Å². The number of hydrogen-bond acceptors (Lipinski definition) is 8. The highest BCUT2D eigenvalue weighted by Gasteiger charge is 2.41. The van der Waals surface area contributed by atoms with Gasteiger partial charge in [-0.25, -0.2) is 0 Å². The fourth-order valence-electron chi connectivity index (χ4n) is 7.31. The van der Waals surface area contributed by atoms with Crippen LogP contribution in [0.4, 0.5) is 0 Å². The fourth-order valence-corrected chi connectivity index (χ4v) is 7.31. The zero-order valence-corrected chi connectivity index (χ0v) is 23.4. The summed E-state index contributed by atoms with van der Waals surface area (Å²) in [5.41, 5.74) is 6.23. The highest BCUT2D eigenvalue weighted by Crippen LogP contribution is 2.43. The molecule has 0 radical (unpaired) electrons. The zero-order valence-electron chi connectivity index (χ0n) is 23.4. The molecule has 3 rings (SSSR count). The number of aliphatic hydroxyl groups excluding tert-OH is 1. The molecular formula is C29H52N2O6. The van der Waals surface area contributed by atoms with Gasteiger partial charge in [-0.15, -0.1) is 0 Å². The van der Waals surface area contributed by atoms with Crippen molar-refractivity contribution in [2.45, 2.75) is 134 Å². The van der Waals surface area contributed by atoms with Crippen molar-refractivity contribution in [1.29, 1.82) is 0 Å². The van der Waals surface area contributed by atoms with Crippen molar-refractivity contribution >= 4 is 11.9 Å². The first kappa shape index (κ1) is 30.3. The number of esters is 2. The number of hydrogen-bond donors (Lipinski definition) is 3. The van der Waals surface area contributed by atoms with Crippen LogP contribution in [0, 0.1) is 23.7 Å².